The highest BCUT2D eigenvalue weighted by atomic mass is 16.1. The number of nitrogens with zero attached hydrogens (tertiary/aromatic N) is 2. The maximum absolute atomic E-state index is 12.1. The maximum atomic E-state index is 12.1. The van der Waals surface area contributed by atoms with Gasteiger partial charge in [0.1, 0.15) is 0 Å². The number of carbonyl (C=O) groups is 1. The Bertz CT molecular complexity index is 592. The van der Waals surface area contributed by atoms with Crippen LogP contribution in [-0.2, 0) is 0 Å². The molecule has 1 atom stereocenters. The van der Waals surface area contributed by atoms with Crippen molar-refractivity contribution in [1.29, 1.82) is 0 Å². The molecule has 2 rings (SSSR count). The van der Waals surface area contributed by atoms with Gasteiger partial charge in [-0.05, 0) is 38.6 Å². The minimum atomic E-state index is -0.141. The van der Waals surface area contributed by atoms with Crippen LogP contribution in [0.5, 0.6) is 0 Å². The highest BCUT2D eigenvalue weighted by Gasteiger charge is 2.13. The van der Waals surface area contributed by atoms with Crippen molar-refractivity contribution in [3.63, 3.8) is 0 Å². The first-order chi connectivity index (χ1) is 10.1. The van der Waals surface area contributed by atoms with Gasteiger partial charge in [-0.1, -0.05) is 25.1 Å². The molecule has 0 aliphatic rings. The second-order valence-electron chi connectivity index (χ2n) is 5.09. The van der Waals surface area contributed by atoms with Gasteiger partial charge in [-0.3, -0.25) is 4.79 Å². The summed E-state index contributed by atoms with van der Waals surface area (Å²) in [5, 5.41) is 10.5. The van der Waals surface area contributed by atoms with E-state index in [1.54, 1.807) is 10.7 Å². The smallest absolute Gasteiger partial charge is 0.271 e. The fraction of sp³-hybridized carbons (Fsp3) is 0.375. The van der Waals surface area contributed by atoms with Gasteiger partial charge in [0.25, 0.3) is 5.91 Å². The average Bonchev–Trinajstić information content (AvgIpc) is 2.88. The van der Waals surface area contributed by atoms with E-state index in [-0.39, 0.29) is 11.9 Å². The van der Waals surface area contributed by atoms with E-state index in [1.807, 2.05) is 51.1 Å². The Labute approximate surface area is 125 Å². The third-order valence-corrected chi connectivity index (χ3v) is 3.24. The molecule has 0 radical (unpaired) electrons. The fourth-order valence-electron chi connectivity index (χ4n) is 2.17. The van der Waals surface area contributed by atoms with E-state index < -0.39 is 0 Å². The molecule has 0 unspecified atom stereocenters. The van der Waals surface area contributed by atoms with E-state index in [0.29, 0.717) is 12.2 Å². The molecule has 1 heterocycles. The Morgan fingerprint density at radius 1 is 1.33 bits per heavy atom. The molecule has 0 fully saturated rings. The zero-order chi connectivity index (χ0) is 15.2. The SMILES string of the molecule is CCN[C@H](C)CNC(=O)c1cc(C)n(-c2ccccc2)n1. The zero-order valence-electron chi connectivity index (χ0n) is 12.8. The number of aromatic nitrogens is 2. The summed E-state index contributed by atoms with van der Waals surface area (Å²) in [6.07, 6.45) is 0. The van der Waals surface area contributed by atoms with Gasteiger partial charge in [0.15, 0.2) is 5.69 Å². The predicted molar refractivity (Wildman–Crippen MR) is 83.8 cm³/mol. The van der Waals surface area contributed by atoms with Crippen molar-refractivity contribution >= 4 is 5.91 Å². The lowest BCUT2D eigenvalue weighted by Crippen LogP contribution is -2.38. The number of likely N-dealkylation sites (N-methyl/N-ethyl adjacent to an activating group) is 1. The van der Waals surface area contributed by atoms with Crippen LogP contribution in [0.4, 0.5) is 0 Å². The number of rotatable bonds is 6. The van der Waals surface area contributed by atoms with E-state index in [0.717, 1.165) is 17.9 Å². The summed E-state index contributed by atoms with van der Waals surface area (Å²) in [7, 11) is 0. The van der Waals surface area contributed by atoms with Crippen LogP contribution in [0.15, 0.2) is 36.4 Å². The van der Waals surface area contributed by atoms with E-state index in [2.05, 4.69) is 15.7 Å². The number of hydrogen-bond donors (Lipinski definition) is 2. The average molecular weight is 286 g/mol. The first-order valence-corrected chi connectivity index (χ1v) is 7.25. The van der Waals surface area contributed by atoms with E-state index in [4.69, 9.17) is 0 Å². The van der Waals surface area contributed by atoms with E-state index >= 15 is 0 Å². The Balaban J connectivity index is 2.06. The summed E-state index contributed by atoms with van der Waals surface area (Å²) >= 11 is 0. The van der Waals surface area contributed by atoms with Crippen LogP contribution >= 0.6 is 0 Å². The van der Waals surface area contributed by atoms with Crippen molar-refractivity contribution < 1.29 is 4.79 Å². The third-order valence-electron chi connectivity index (χ3n) is 3.24. The highest BCUT2D eigenvalue weighted by molar-refractivity contribution is 5.92. The molecule has 5 nitrogen and oxygen atoms in total. The van der Waals surface area contributed by atoms with Crippen molar-refractivity contribution in [3.05, 3.63) is 47.8 Å². The standard InChI is InChI=1S/C16H22N4O/c1-4-17-12(2)11-18-16(21)15-10-13(3)20(19-15)14-8-6-5-7-9-14/h5-10,12,17H,4,11H2,1-3H3,(H,18,21)/t12-/m1/s1. The first-order valence-electron chi connectivity index (χ1n) is 7.25. The van der Waals surface area contributed by atoms with E-state index in [9.17, 15) is 4.79 Å². The second kappa shape index (κ2) is 7.04. The molecule has 112 valence electrons. The number of para-hydroxylation sites is 1. The molecular weight excluding hydrogens is 264 g/mol. The Morgan fingerprint density at radius 3 is 2.71 bits per heavy atom. The summed E-state index contributed by atoms with van der Waals surface area (Å²) in [5.41, 5.74) is 2.33. The molecule has 0 aliphatic carbocycles. The van der Waals surface area contributed by atoms with Gasteiger partial charge in [0, 0.05) is 18.3 Å². The molecule has 21 heavy (non-hydrogen) atoms. The number of hydrogen-bond acceptors (Lipinski definition) is 3. The van der Waals surface area contributed by atoms with Crippen molar-refractivity contribution in [2.75, 3.05) is 13.1 Å². The van der Waals surface area contributed by atoms with Crippen LogP contribution in [0.1, 0.15) is 30.0 Å². The molecule has 1 aromatic carbocycles. The Kier molecular flexibility index (Phi) is 5.11. The monoisotopic (exact) mass is 286 g/mol. The van der Waals surface area contributed by atoms with Gasteiger partial charge in [-0.2, -0.15) is 5.10 Å². The lowest BCUT2D eigenvalue weighted by molar-refractivity contribution is 0.0945. The third kappa shape index (κ3) is 3.92. The molecule has 5 heteroatoms. The van der Waals surface area contributed by atoms with Crippen LogP contribution < -0.4 is 10.6 Å². The van der Waals surface area contributed by atoms with Crippen molar-refractivity contribution in [2.45, 2.75) is 26.8 Å². The second-order valence-corrected chi connectivity index (χ2v) is 5.09. The number of aryl methyl sites for hydroxylation is 1. The number of nitrogens with one attached hydrogen (secondary N) is 2. The topological polar surface area (TPSA) is 58.9 Å². The molecule has 0 bridgehead atoms. The summed E-state index contributed by atoms with van der Waals surface area (Å²) in [6, 6.07) is 11.8. The maximum Gasteiger partial charge on any atom is 0.271 e. The van der Waals surface area contributed by atoms with Gasteiger partial charge in [0.05, 0.1) is 5.69 Å². The lowest BCUT2D eigenvalue weighted by Gasteiger charge is -2.12. The van der Waals surface area contributed by atoms with Crippen LogP contribution in [0.25, 0.3) is 5.69 Å². The minimum Gasteiger partial charge on any atom is -0.349 e. The van der Waals surface area contributed by atoms with Crippen molar-refractivity contribution in [1.82, 2.24) is 20.4 Å². The lowest BCUT2D eigenvalue weighted by atomic mass is 10.3. The van der Waals surface area contributed by atoms with E-state index in [1.165, 1.54) is 0 Å². The number of benzene rings is 1. The molecular formula is C16H22N4O. The Morgan fingerprint density at radius 2 is 2.05 bits per heavy atom. The van der Waals surface area contributed by atoms with Crippen LogP contribution in [-0.4, -0.2) is 34.8 Å². The number of amides is 1. The summed E-state index contributed by atoms with van der Waals surface area (Å²) in [6.45, 7) is 7.50. The van der Waals surface area contributed by atoms with Crippen molar-refractivity contribution in [3.8, 4) is 5.69 Å². The predicted octanol–water partition coefficient (Wildman–Crippen LogP) is 1.91. The van der Waals surface area contributed by atoms with Crippen LogP contribution in [0, 0.1) is 6.92 Å². The molecule has 2 N–H and O–H groups in total. The van der Waals surface area contributed by atoms with Gasteiger partial charge >= 0.3 is 0 Å². The quantitative estimate of drug-likeness (QED) is 0.853. The molecule has 1 amide bonds. The van der Waals surface area contributed by atoms with Crippen LogP contribution in [0.3, 0.4) is 0 Å². The Hall–Kier alpha value is -2.14. The van der Waals surface area contributed by atoms with Gasteiger partial charge < -0.3 is 10.6 Å². The molecule has 0 aliphatic heterocycles. The molecule has 0 saturated heterocycles. The molecule has 0 spiro atoms. The molecule has 0 saturated carbocycles. The minimum absolute atomic E-state index is 0.141. The first kappa shape index (κ1) is 15.3. The van der Waals surface area contributed by atoms with Gasteiger partial charge in [-0.25, -0.2) is 4.68 Å². The van der Waals surface area contributed by atoms with Gasteiger partial charge in [-0.15, -0.1) is 0 Å². The normalized spacial score (nSPS) is 12.1. The summed E-state index contributed by atoms with van der Waals surface area (Å²) in [5.74, 6) is -0.141. The van der Waals surface area contributed by atoms with Gasteiger partial charge in [0.2, 0.25) is 0 Å². The molecule has 2 aromatic rings. The van der Waals surface area contributed by atoms with Crippen LogP contribution in [0.2, 0.25) is 0 Å². The number of carbonyl (C=O) groups excluding carboxylic acids is 1. The fourth-order valence-corrected chi connectivity index (χ4v) is 2.17. The molecule has 1 aromatic heterocycles. The largest absolute Gasteiger partial charge is 0.349 e. The highest BCUT2D eigenvalue weighted by Crippen LogP contribution is 2.11. The summed E-state index contributed by atoms with van der Waals surface area (Å²) in [4.78, 5) is 12.1. The summed E-state index contributed by atoms with van der Waals surface area (Å²) < 4.78 is 1.78. The van der Waals surface area contributed by atoms with Crippen molar-refractivity contribution in [2.24, 2.45) is 0 Å². The zero-order valence-corrected chi connectivity index (χ0v) is 12.8.